The zero-order valence-corrected chi connectivity index (χ0v) is 17.3. The summed E-state index contributed by atoms with van der Waals surface area (Å²) >= 11 is 6.38. The molecule has 29 heavy (non-hydrogen) atoms. The van der Waals surface area contributed by atoms with E-state index in [1.807, 2.05) is 0 Å². The number of benzene rings is 1. The van der Waals surface area contributed by atoms with E-state index in [2.05, 4.69) is 0 Å². The van der Waals surface area contributed by atoms with Crippen molar-refractivity contribution < 1.29 is 22.6 Å². The number of nitro groups is 1. The molecule has 0 N–H and O–H groups in total. The Bertz CT molecular complexity index is 1170. The van der Waals surface area contributed by atoms with E-state index >= 15 is 0 Å². The van der Waals surface area contributed by atoms with Crippen LogP contribution in [0, 0.1) is 10.1 Å². The third-order valence-electron chi connectivity index (χ3n) is 4.64. The van der Waals surface area contributed by atoms with E-state index < -0.39 is 20.8 Å². The Kier molecular flexibility index (Phi) is 5.05. The van der Waals surface area contributed by atoms with E-state index in [1.165, 1.54) is 17.0 Å². The number of furan rings is 1. The average molecular weight is 451 g/mol. The zero-order chi connectivity index (χ0) is 20.8. The van der Waals surface area contributed by atoms with Gasteiger partial charge in [-0.05, 0) is 18.6 Å². The van der Waals surface area contributed by atoms with Crippen LogP contribution in [0.5, 0.6) is 0 Å². The van der Waals surface area contributed by atoms with Crippen molar-refractivity contribution in [3.8, 4) is 11.3 Å². The van der Waals surface area contributed by atoms with Crippen molar-refractivity contribution >= 4 is 55.8 Å². The van der Waals surface area contributed by atoms with E-state index in [-0.39, 0.29) is 23.1 Å². The summed E-state index contributed by atoms with van der Waals surface area (Å²) in [6.45, 7) is 0. The van der Waals surface area contributed by atoms with E-state index in [4.69, 9.17) is 16.6 Å². The topological polar surface area (TPSA) is 111 Å². The van der Waals surface area contributed by atoms with Crippen molar-refractivity contribution in [3.05, 3.63) is 57.2 Å². The van der Waals surface area contributed by atoms with Crippen molar-refractivity contribution in [2.75, 3.05) is 11.5 Å². The second-order valence-electron chi connectivity index (χ2n) is 6.62. The fourth-order valence-corrected chi connectivity index (χ4v) is 6.34. The number of rotatable bonds is 4. The molecular formula is C18H14N2O6S3. The van der Waals surface area contributed by atoms with E-state index in [0.29, 0.717) is 32.7 Å². The number of hydrogen-bond acceptors (Lipinski definition) is 8. The van der Waals surface area contributed by atoms with Crippen LogP contribution in [0.2, 0.25) is 0 Å². The summed E-state index contributed by atoms with van der Waals surface area (Å²) in [7, 11) is -3.14. The number of amides is 1. The molecule has 0 saturated carbocycles. The molecule has 0 radical (unpaired) electrons. The average Bonchev–Trinajstić information content (AvgIpc) is 3.34. The maximum atomic E-state index is 12.8. The van der Waals surface area contributed by atoms with E-state index in [9.17, 15) is 23.3 Å². The predicted octanol–water partition coefficient (Wildman–Crippen LogP) is 3.24. The summed E-state index contributed by atoms with van der Waals surface area (Å²) in [4.78, 5) is 24.9. The third kappa shape index (κ3) is 3.98. The molecule has 1 unspecified atom stereocenters. The fraction of sp³-hybridized carbons (Fsp3) is 0.222. The quantitative estimate of drug-likeness (QED) is 0.302. The number of carbonyl (C=O) groups excluding carboxylic acids is 1. The minimum absolute atomic E-state index is 0.0483. The first-order valence-electron chi connectivity index (χ1n) is 8.56. The van der Waals surface area contributed by atoms with Crippen LogP contribution in [0.4, 0.5) is 5.69 Å². The van der Waals surface area contributed by atoms with Gasteiger partial charge in [0.25, 0.3) is 11.6 Å². The predicted molar refractivity (Wildman–Crippen MR) is 113 cm³/mol. The summed E-state index contributed by atoms with van der Waals surface area (Å²) in [5, 5.41) is 10.9. The molecule has 2 aliphatic heterocycles. The molecule has 150 valence electrons. The number of nitro benzene ring substituents is 1. The fourth-order valence-electron chi connectivity index (χ4n) is 3.26. The van der Waals surface area contributed by atoms with Crippen LogP contribution < -0.4 is 0 Å². The van der Waals surface area contributed by atoms with Gasteiger partial charge in [-0.1, -0.05) is 36.1 Å². The Hall–Kier alpha value is -2.50. The van der Waals surface area contributed by atoms with Crippen molar-refractivity contribution in [2.24, 2.45) is 0 Å². The number of thioether (sulfide) groups is 1. The SMILES string of the molecule is O=C1C(=Cc2ccc(-c3cccc([N+](=O)[O-])c3)o2)SC(=S)N1C1CCS(=O)(=O)C1. The lowest BCUT2D eigenvalue weighted by atomic mass is 10.1. The van der Waals surface area contributed by atoms with Crippen molar-refractivity contribution in [3.63, 3.8) is 0 Å². The van der Waals surface area contributed by atoms with Gasteiger partial charge in [0.2, 0.25) is 0 Å². The maximum absolute atomic E-state index is 12.8. The molecule has 0 bridgehead atoms. The molecule has 0 spiro atoms. The third-order valence-corrected chi connectivity index (χ3v) is 7.72. The minimum Gasteiger partial charge on any atom is -0.457 e. The summed E-state index contributed by atoms with van der Waals surface area (Å²) < 4.78 is 29.5. The number of carbonyl (C=O) groups is 1. The highest BCUT2D eigenvalue weighted by Crippen LogP contribution is 2.37. The molecule has 1 amide bonds. The Morgan fingerprint density at radius 1 is 1.31 bits per heavy atom. The molecule has 0 aliphatic carbocycles. The van der Waals surface area contributed by atoms with Gasteiger partial charge < -0.3 is 4.42 Å². The first-order valence-corrected chi connectivity index (χ1v) is 11.6. The van der Waals surface area contributed by atoms with Crippen LogP contribution >= 0.6 is 24.0 Å². The molecule has 1 aromatic heterocycles. The van der Waals surface area contributed by atoms with Crippen LogP contribution in [-0.2, 0) is 14.6 Å². The highest BCUT2D eigenvalue weighted by molar-refractivity contribution is 8.26. The summed E-state index contributed by atoms with van der Waals surface area (Å²) in [6.07, 6.45) is 1.92. The first-order chi connectivity index (χ1) is 13.7. The summed E-state index contributed by atoms with van der Waals surface area (Å²) in [5.41, 5.74) is 0.496. The van der Waals surface area contributed by atoms with Crippen LogP contribution in [0.3, 0.4) is 0 Å². The van der Waals surface area contributed by atoms with Crippen molar-refractivity contribution in [2.45, 2.75) is 12.5 Å². The number of nitrogens with zero attached hydrogens (tertiary/aromatic N) is 2. The molecule has 1 atom stereocenters. The van der Waals surface area contributed by atoms with Gasteiger partial charge in [-0.25, -0.2) is 8.42 Å². The second-order valence-corrected chi connectivity index (χ2v) is 10.5. The monoisotopic (exact) mass is 450 g/mol. The molecule has 2 saturated heterocycles. The standard InChI is InChI=1S/C18H14N2O6S3/c21-17-16(28-18(27)19(17)13-6-7-29(24,25)10-13)9-14-4-5-15(26-14)11-2-1-3-12(8-11)20(22)23/h1-5,8-9,13H,6-7,10H2. The van der Waals surface area contributed by atoms with Gasteiger partial charge in [-0.3, -0.25) is 19.8 Å². The lowest BCUT2D eigenvalue weighted by Gasteiger charge is -2.20. The molecule has 2 aromatic rings. The summed E-state index contributed by atoms with van der Waals surface area (Å²) in [5.74, 6) is 0.460. The normalized spacial score (nSPS) is 22.6. The van der Waals surface area contributed by atoms with E-state index in [1.54, 1.807) is 30.3 Å². The molecule has 4 rings (SSSR count). The molecule has 11 heteroatoms. The Morgan fingerprint density at radius 3 is 2.79 bits per heavy atom. The van der Waals surface area contributed by atoms with Crippen LogP contribution in [0.25, 0.3) is 17.4 Å². The number of sulfone groups is 1. The minimum atomic E-state index is -3.14. The van der Waals surface area contributed by atoms with Gasteiger partial charge >= 0.3 is 0 Å². The number of hydrogen-bond donors (Lipinski definition) is 0. The summed E-state index contributed by atoms with van der Waals surface area (Å²) in [6, 6.07) is 8.93. The van der Waals surface area contributed by atoms with Gasteiger partial charge in [0.1, 0.15) is 15.8 Å². The molecule has 2 fully saturated rings. The largest absolute Gasteiger partial charge is 0.457 e. The Balaban J connectivity index is 1.56. The van der Waals surface area contributed by atoms with Gasteiger partial charge in [0.05, 0.1) is 27.4 Å². The Morgan fingerprint density at radius 2 is 2.10 bits per heavy atom. The molecule has 1 aromatic carbocycles. The van der Waals surface area contributed by atoms with Gasteiger partial charge in [0.15, 0.2) is 9.84 Å². The molecule has 8 nitrogen and oxygen atoms in total. The van der Waals surface area contributed by atoms with Crippen LogP contribution in [0.1, 0.15) is 12.2 Å². The first kappa shape index (κ1) is 19.8. The zero-order valence-electron chi connectivity index (χ0n) is 14.8. The van der Waals surface area contributed by atoms with E-state index in [0.717, 1.165) is 11.8 Å². The van der Waals surface area contributed by atoms with Gasteiger partial charge in [-0.15, -0.1) is 0 Å². The number of non-ortho nitro benzene ring substituents is 1. The highest BCUT2D eigenvalue weighted by atomic mass is 32.2. The van der Waals surface area contributed by atoms with Crippen molar-refractivity contribution in [1.82, 2.24) is 4.90 Å². The lowest BCUT2D eigenvalue weighted by Crippen LogP contribution is -2.39. The smallest absolute Gasteiger partial charge is 0.270 e. The lowest BCUT2D eigenvalue weighted by molar-refractivity contribution is -0.384. The number of thiocarbonyl (C=S) groups is 1. The molecular weight excluding hydrogens is 436 g/mol. The molecule has 3 heterocycles. The second kappa shape index (κ2) is 7.39. The van der Waals surface area contributed by atoms with Gasteiger partial charge in [-0.2, -0.15) is 0 Å². The maximum Gasteiger partial charge on any atom is 0.270 e. The van der Waals surface area contributed by atoms with Crippen molar-refractivity contribution in [1.29, 1.82) is 0 Å². The molecule has 2 aliphatic rings. The van der Waals surface area contributed by atoms with Crippen LogP contribution in [0.15, 0.2) is 45.7 Å². The Labute approximate surface area is 175 Å². The van der Waals surface area contributed by atoms with Crippen LogP contribution in [-0.4, -0.2) is 46.0 Å². The highest BCUT2D eigenvalue weighted by Gasteiger charge is 2.42. The van der Waals surface area contributed by atoms with Gasteiger partial charge in [0, 0.05) is 23.8 Å².